The maximum absolute atomic E-state index is 13.0. The summed E-state index contributed by atoms with van der Waals surface area (Å²) >= 11 is 5.51. The SMILES string of the molecule is Fc1ccc(CC2CSCC2Br)cc1F. The molecule has 0 bridgehead atoms. The Balaban J connectivity index is 2.07. The topological polar surface area (TPSA) is 0 Å². The van der Waals surface area contributed by atoms with E-state index < -0.39 is 11.6 Å². The first-order chi connectivity index (χ1) is 7.16. The molecular weight excluding hydrogens is 282 g/mol. The Morgan fingerprint density at radius 3 is 2.67 bits per heavy atom. The molecular formula is C11H11BrF2S. The summed E-state index contributed by atoms with van der Waals surface area (Å²) in [6.45, 7) is 0. The molecule has 1 aromatic rings. The lowest BCUT2D eigenvalue weighted by Crippen LogP contribution is -2.14. The van der Waals surface area contributed by atoms with Gasteiger partial charge in [-0.3, -0.25) is 0 Å². The van der Waals surface area contributed by atoms with Crippen LogP contribution in [0.4, 0.5) is 8.78 Å². The summed E-state index contributed by atoms with van der Waals surface area (Å²) in [6.07, 6.45) is 0.820. The van der Waals surface area contributed by atoms with Gasteiger partial charge in [-0.2, -0.15) is 11.8 Å². The molecule has 0 saturated carbocycles. The number of hydrogen-bond donors (Lipinski definition) is 0. The van der Waals surface area contributed by atoms with Crippen LogP contribution < -0.4 is 0 Å². The van der Waals surface area contributed by atoms with E-state index in [1.54, 1.807) is 6.07 Å². The predicted octanol–water partition coefficient (Wildman–Crippen LogP) is 3.63. The van der Waals surface area contributed by atoms with Crippen molar-refractivity contribution in [3.63, 3.8) is 0 Å². The number of hydrogen-bond acceptors (Lipinski definition) is 1. The third kappa shape index (κ3) is 2.72. The molecule has 1 saturated heterocycles. The fourth-order valence-electron chi connectivity index (χ4n) is 1.73. The average Bonchev–Trinajstić information content (AvgIpc) is 2.59. The van der Waals surface area contributed by atoms with E-state index in [9.17, 15) is 8.78 Å². The van der Waals surface area contributed by atoms with Gasteiger partial charge in [0, 0.05) is 10.6 Å². The van der Waals surface area contributed by atoms with Gasteiger partial charge in [0.05, 0.1) is 0 Å². The first-order valence-electron chi connectivity index (χ1n) is 4.82. The standard InChI is InChI=1S/C11H11BrF2S/c12-9-6-15-5-8(9)3-7-1-2-10(13)11(14)4-7/h1-2,4,8-9H,3,5-6H2. The van der Waals surface area contributed by atoms with Crippen molar-refractivity contribution in [1.29, 1.82) is 0 Å². The van der Waals surface area contributed by atoms with E-state index in [0.717, 1.165) is 23.5 Å². The smallest absolute Gasteiger partial charge is 0.159 e. The normalized spacial score (nSPS) is 25.8. The highest BCUT2D eigenvalue weighted by atomic mass is 79.9. The second kappa shape index (κ2) is 4.83. The summed E-state index contributed by atoms with van der Waals surface area (Å²) in [6, 6.07) is 4.18. The van der Waals surface area contributed by atoms with Gasteiger partial charge in [0.1, 0.15) is 0 Å². The van der Waals surface area contributed by atoms with Crippen LogP contribution in [0, 0.1) is 17.6 Å². The van der Waals surface area contributed by atoms with Gasteiger partial charge in [0.25, 0.3) is 0 Å². The van der Waals surface area contributed by atoms with Crippen LogP contribution in [-0.4, -0.2) is 16.3 Å². The summed E-state index contributed by atoms with van der Waals surface area (Å²) in [5, 5.41) is 0. The zero-order chi connectivity index (χ0) is 10.8. The molecule has 15 heavy (non-hydrogen) atoms. The summed E-state index contributed by atoms with van der Waals surface area (Å²) in [4.78, 5) is 0.496. The van der Waals surface area contributed by atoms with Crippen molar-refractivity contribution < 1.29 is 8.78 Å². The molecule has 2 unspecified atom stereocenters. The van der Waals surface area contributed by atoms with E-state index in [4.69, 9.17) is 0 Å². The fourth-order valence-corrected chi connectivity index (χ4v) is 4.20. The third-order valence-corrected chi connectivity index (χ3v) is 5.36. The Labute approximate surface area is 101 Å². The lowest BCUT2D eigenvalue weighted by Gasteiger charge is -2.12. The Morgan fingerprint density at radius 1 is 1.27 bits per heavy atom. The molecule has 82 valence electrons. The van der Waals surface area contributed by atoms with E-state index >= 15 is 0 Å². The maximum Gasteiger partial charge on any atom is 0.159 e. The van der Waals surface area contributed by atoms with Crippen LogP contribution in [0.3, 0.4) is 0 Å². The van der Waals surface area contributed by atoms with Crippen LogP contribution in [0.5, 0.6) is 0 Å². The summed E-state index contributed by atoms with van der Waals surface area (Å²) in [5.74, 6) is 1.21. The first-order valence-corrected chi connectivity index (χ1v) is 6.89. The van der Waals surface area contributed by atoms with Crippen molar-refractivity contribution >= 4 is 27.7 Å². The van der Waals surface area contributed by atoms with Gasteiger partial charge in [0.15, 0.2) is 11.6 Å². The van der Waals surface area contributed by atoms with Crippen LogP contribution >= 0.6 is 27.7 Å². The van der Waals surface area contributed by atoms with Crippen LogP contribution in [0.2, 0.25) is 0 Å². The molecule has 2 atom stereocenters. The van der Waals surface area contributed by atoms with Crippen LogP contribution in [0.15, 0.2) is 18.2 Å². The van der Waals surface area contributed by atoms with Crippen molar-refractivity contribution in [3.8, 4) is 0 Å². The Kier molecular flexibility index (Phi) is 3.67. The molecule has 0 spiro atoms. The second-order valence-electron chi connectivity index (χ2n) is 3.77. The Hall–Kier alpha value is -0.0900. The van der Waals surface area contributed by atoms with E-state index in [2.05, 4.69) is 15.9 Å². The first kappa shape index (κ1) is 11.4. The van der Waals surface area contributed by atoms with Gasteiger partial charge in [-0.15, -0.1) is 0 Å². The van der Waals surface area contributed by atoms with Crippen molar-refractivity contribution in [1.82, 2.24) is 0 Å². The largest absolute Gasteiger partial charge is 0.204 e. The molecule has 0 amide bonds. The minimum atomic E-state index is -0.769. The fraction of sp³-hybridized carbons (Fsp3) is 0.455. The molecule has 4 heteroatoms. The summed E-state index contributed by atoms with van der Waals surface area (Å²) < 4.78 is 25.7. The van der Waals surface area contributed by atoms with E-state index in [-0.39, 0.29) is 0 Å². The van der Waals surface area contributed by atoms with Gasteiger partial charge in [0.2, 0.25) is 0 Å². The number of alkyl halides is 1. The molecule has 0 N–H and O–H groups in total. The molecule has 1 heterocycles. The Morgan fingerprint density at radius 2 is 2.07 bits per heavy atom. The maximum atomic E-state index is 13.0. The minimum Gasteiger partial charge on any atom is -0.204 e. The Bertz CT molecular complexity index is 356. The van der Waals surface area contributed by atoms with Gasteiger partial charge in [-0.25, -0.2) is 8.78 Å². The lowest BCUT2D eigenvalue weighted by molar-refractivity contribution is 0.505. The third-order valence-electron chi connectivity index (χ3n) is 2.60. The second-order valence-corrected chi connectivity index (χ2v) is 6.02. The molecule has 1 aliphatic heterocycles. The summed E-state index contributed by atoms with van der Waals surface area (Å²) in [5.41, 5.74) is 0.880. The number of rotatable bonds is 2. The molecule has 0 radical (unpaired) electrons. The van der Waals surface area contributed by atoms with Gasteiger partial charge < -0.3 is 0 Å². The predicted molar refractivity (Wildman–Crippen MR) is 63.6 cm³/mol. The molecule has 1 fully saturated rings. The van der Waals surface area contributed by atoms with Crippen LogP contribution in [0.25, 0.3) is 0 Å². The molecule has 0 nitrogen and oxygen atoms in total. The van der Waals surface area contributed by atoms with Crippen LogP contribution in [-0.2, 0) is 6.42 Å². The quantitative estimate of drug-likeness (QED) is 0.750. The van der Waals surface area contributed by atoms with E-state index in [1.165, 1.54) is 12.1 Å². The number of halogens is 3. The van der Waals surface area contributed by atoms with Gasteiger partial charge in [-0.1, -0.05) is 22.0 Å². The molecule has 1 aromatic carbocycles. The zero-order valence-electron chi connectivity index (χ0n) is 8.05. The summed E-state index contributed by atoms with van der Waals surface area (Å²) in [7, 11) is 0. The average molecular weight is 293 g/mol. The number of benzene rings is 1. The van der Waals surface area contributed by atoms with Crippen molar-refractivity contribution in [2.75, 3.05) is 11.5 Å². The molecule has 1 aliphatic rings. The van der Waals surface area contributed by atoms with Crippen LogP contribution in [0.1, 0.15) is 5.56 Å². The highest BCUT2D eigenvalue weighted by Crippen LogP contribution is 2.32. The highest BCUT2D eigenvalue weighted by Gasteiger charge is 2.25. The van der Waals surface area contributed by atoms with Gasteiger partial charge >= 0.3 is 0 Å². The monoisotopic (exact) mass is 292 g/mol. The zero-order valence-corrected chi connectivity index (χ0v) is 10.5. The molecule has 0 aliphatic carbocycles. The molecule has 0 aromatic heterocycles. The van der Waals surface area contributed by atoms with Crippen molar-refractivity contribution in [2.45, 2.75) is 11.2 Å². The minimum absolute atomic E-state index is 0.496. The van der Waals surface area contributed by atoms with E-state index in [0.29, 0.717) is 10.7 Å². The van der Waals surface area contributed by atoms with E-state index in [1.807, 2.05) is 11.8 Å². The lowest BCUT2D eigenvalue weighted by atomic mass is 9.99. The van der Waals surface area contributed by atoms with Crippen molar-refractivity contribution in [2.24, 2.45) is 5.92 Å². The van der Waals surface area contributed by atoms with Gasteiger partial charge in [-0.05, 0) is 35.8 Å². The highest BCUT2D eigenvalue weighted by molar-refractivity contribution is 9.09. The molecule has 2 rings (SSSR count). The number of thioether (sulfide) groups is 1. The van der Waals surface area contributed by atoms with Crippen molar-refractivity contribution in [3.05, 3.63) is 35.4 Å².